The van der Waals surface area contributed by atoms with E-state index in [1.165, 1.54) is 18.1 Å². The van der Waals surface area contributed by atoms with Gasteiger partial charge < -0.3 is 5.73 Å². The summed E-state index contributed by atoms with van der Waals surface area (Å²) in [6.45, 7) is 1.88. The Bertz CT molecular complexity index is 560. The van der Waals surface area contributed by atoms with E-state index in [1.807, 2.05) is 13.0 Å². The van der Waals surface area contributed by atoms with Gasteiger partial charge in [-0.3, -0.25) is 0 Å². The average molecular weight is 286 g/mol. The standard InChI is InChI=1S/C11H9Cl2N3S/c1-6-10(14)15-5-16-11(6)17-7-2-3-8(12)9(13)4-7/h2-5H,1H3,(H2,14,15,16). The molecule has 0 saturated heterocycles. The van der Waals surface area contributed by atoms with Gasteiger partial charge in [-0.2, -0.15) is 0 Å². The van der Waals surface area contributed by atoms with Gasteiger partial charge in [-0.05, 0) is 25.1 Å². The van der Waals surface area contributed by atoms with E-state index in [1.54, 1.807) is 12.1 Å². The summed E-state index contributed by atoms with van der Waals surface area (Å²) in [6, 6.07) is 5.44. The molecular weight excluding hydrogens is 277 g/mol. The number of halogens is 2. The quantitative estimate of drug-likeness (QED) is 0.852. The lowest BCUT2D eigenvalue weighted by Crippen LogP contribution is -1.97. The van der Waals surface area contributed by atoms with Crippen molar-refractivity contribution in [1.82, 2.24) is 9.97 Å². The highest BCUT2D eigenvalue weighted by Crippen LogP contribution is 2.33. The first-order valence-electron chi connectivity index (χ1n) is 4.78. The molecule has 17 heavy (non-hydrogen) atoms. The lowest BCUT2D eigenvalue weighted by Gasteiger charge is -2.06. The third-order valence-electron chi connectivity index (χ3n) is 2.18. The predicted octanol–water partition coefficient (Wildman–Crippen LogP) is 3.83. The molecule has 0 atom stereocenters. The predicted molar refractivity (Wildman–Crippen MR) is 71.8 cm³/mol. The van der Waals surface area contributed by atoms with Gasteiger partial charge >= 0.3 is 0 Å². The van der Waals surface area contributed by atoms with Crippen LogP contribution in [0.2, 0.25) is 10.0 Å². The Labute approximate surface area is 113 Å². The Morgan fingerprint density at radius 2 is 1.94 bits per heavy atom. The fraction of sp³-hybridized carbons (Fsp3) is 0.0909. The Morgan fingerprint density at radius 1 is 1.18 bits per heavy atom. The van der Waals surface area contributed by atoms with E-state index < -0.39 is 0 Å². The number of nitrogen functional groups attached to an aromatic ring is 1. The van der Waals surface area contributed by atoms with Gasteiger partial charge in [0.1, 0.15) is 17.2 Å². The molecule has 88 valence electrons. The zero-order valence-electron chi connectivity index (χ0n) is 8.95. The van der Waals surface area contributed by atoms with Crippen molar-refractivity contribution < 1.29 is 0 Å². The summed E-state index contributed by atoms with van der Waals surface area (Å²) >= 11 is 13.3. The van der Waals surface area contributed by atoms with Crippen LogP contribution in [0.5, 0.6) is 0 Å². The molecule has 0 aliphatic carbocycles. The minimum Gasteiger partial charge on any atom is -0.383 e. The Hall–Kier alpha value is -0.970. The number of benzene rings is 1. The summed E-state index contributed by atoms with van der Waals surface area (Å²) < 4.78 is 0. The van der Waals surface area contributed by atoms with Crippen molar-refractivity contribution in [3.63, 3.8) is 0 Å². The molecule has 0 unspecified atom stereocenters. The van der Waals surface area contributed by atoms with E-state index >= 15 is 0 Å². The minimum atomic E-state index is 0.488. The van der Waals surface area contributed by atoms with E-state index in [0.717, 1.165) is 15.5 Å². The van der Waals surface area contributed by atoms with Gasteiger partial charge in [-0.15, -0.1) is 0 Å². The van der Waals surface area contributed by atoms with Crippen molar-refractivity contribution in [1.29, 1.82) is 0 Å². The van der Waals surface area contributed by atoms with Crippen LogP contribution in [0.15, 0.2) is 34.4 Å². The number of rotatable bonds is 2. The van der Waals surface area contributed by atoms with Crippen LogP contribution in [0.25, 0.3) is 0 Å². The van der Waals surface area contributed by atoms with Gasteiger partial charge in [0.05, 0.1) is 10.0 Å². The van der Waals surface area contributed by atoms with Crippen molar-refractivity contribution in [2.75, 3.05) is 5.73 Å². The lowest BCUT2D eigenvalue weighted by molar-refractivity contribution is 1.01. The van der Waals surface area contributed by atoms with Crippen LogP contribution in [-0.4, -0.2) is 9.97 Å². The zero-order chi connectivity index (χ0) is 12.4. The van der Waals surface area contributed by atoms with Gasteiger partial charge in [-0.1, -0.05) is 35.0 Å². The summed E-state index contributed by atoms with van der Waals surface area (Å²) in [6.07, 6.45) is 1.45. The number of hydrogen-bond acceptors (Lipinski definition) is 4. The smallest absolute Gasteiger partial charge is 0.130 e. The van der Waals surface area contributed by atoms with Crippen LogP contribution < -0.4 is 5.73 Å². The molecule has 1 aromatic carbocycles. The molecule has 1 aromatic heterocycles. The summed E-state index contributed by atoms with van der Waals surface area (Å²) in [7, 11) is 0. The van der Waals surface area contributed by atoms with E-state index in [2.05, 4.69) is 9.97 Å². The maximum Gasteiger partial charge on any atom is 0.130 e. The van der Waals surface area contributed by atoms with Crippen molar-refractivity contribution in [3.8, 4) is 0 Å². The molecule has 0 amide bonds. The van der Waals surface area contributed by atoms with E-state index in [9.17, 15) is 0 Å². The van der Waals surface area contributed by atoms with Crippen molar-refractivity contribution in [2.45, 2.75) is 16.8 Å². The molecule has 0 aliphatic rings. The highest BCUT2D eigenvalue weighted by Gasteiger charge is 2.07. The van der Waals surface area contributed by atoms with Crippen LogP contribution in [0.3, 0.4) is 0 Å². The molecule has 0 fully saturated rings. The van der Waals surface area contributed by atoms with Gasteiger partial charge in [-0.25, -0.2) is 9.97 Å². The number of nitrogens with zero attached hydrogens (tertiary/aromatic N) is 2. The van der Waals surface area contributed by atoms with Gasteiger partial charge in [0, 0.05) is 10.5 Å². The zero-order valence-corrected chi connectivity index (χ0v) is 11.3. The summed E-state index contributed by atoms with van der Waals surface area (Å²) in [5.74, 6) is 0.488. The monoisotopic (exact) mass is 285 g/mol. The number of hydrogen-bond donors (Lipinski definition) is 1. The molecule has 0 radical (unpaired) electrons. The van der Waals surface area contributed by atoms with Crippen LogP contribution in [0.4, 0.5) is 5.82 Å². The molecule has 3 nitrogen and oxygen atoms in total. The normalized spacial score (nSPS) is 10.5. The SMILES string of the molecule is Cc1c(N)ncnc1Sc1ccc(Cl)c(Cl)c1. The second-order valence-electron chi connectivity index (χ2n) is 3.37. The van der Waals surface area contributed by atoms with Crippen LogP contribution in [0, 0.1) is 6.92 Å². The van der Waals surface area contributed by atoms with Crippen LogP contribution in [-0.2, 0) is 0 Å². The van der Waals surface area contributed by atoms with Crippen LogP contribution >= 0.6 is 35.0 Å². The number of nitrogens with two attached hydrogens (primary N) is 1. The van der Waals surface area contributed by atoms with Gasteiger partial charge in [0.15, 0.2) is 0 Å². The Balaban J connectivity index is 2.31. The van der Waals surface area contributed by atoms with Gasteiger partial charge in [0.25, 0.3) is 0 Å². The lowest BCUT2D eigenvalue weighted by atomic mass is 10.3. The minimum absolute atomic E-state index is 0.488. The van der Waals surface area contributed by atoms with Crippen molar-refractivity contribution in [3.05, 3.63) is 40.1 Å². The summed E-state index contributed by atoms with van der Waals surface area (Å²) in [4.78, 5) is 9.06. The van der Waals surface area contributed by atoms with E-state index in [4.69, 9.17) is 28.9 Å². The Morgan fingerprint density at radius 3 is 2.65 bits per heavy atom. The highest BCUT2D eigenvalue weighted by atomic mass is 35.5. The maximum absolute atomic E-state index is 5.95. The second kappa shape index (κ2) is 5.12. The fourth-order valence-electron chi connectivity index (χ4n) is 1.20. The molecule has 0 bridgehead atoms. The fourth-order valence-corrected chi connectivity index (χ4v) is 2.46. The molecule has 6 heteroatoms. The van der Waals surface area contributed by atoms with Crippen molar-refractivity contribution >= 4 is 40.8 Å². The van der Waals surface area contributed by atoms with E-state index in [0.29, 0.717) is 15.9 Å². The molecule has 0 saturated carbocycles. The Kier molecular flexibility index (Phi) is 3.76. The molecule has 1 heterocycles. The highest BCUT2D eigenvalue weighted by molar-refractivity contribution is 7.99. The number of aromatic nitrogens is 2. The topological polar surface area (TPSA) is 51.8 Å². The first-order chi connectivity index (χ1) is 8.08. The average Bonchev–Trinajstić information content (AvgIpc) is 2.30. The van der Waals surface area contributed by atoms with Crippen molar-refractivity contribution in [2.24, 2.45) is 0 Å². The van der Waals surface area contributed by atoms with Gasteiger partial charge in [0.2, 0.25) is 0 Å². The summed E-state index contributed by atoms with van der Waals surface area (Å²) in [5.41, 5.74) is 6.58. The first kappa shape index (κ1) is 12.5. The molecule has 0 aliphatic heterocycles. The number of anilines is 1. The molecular formula is C11H9Cl2N3S. The van der Waals surface area contributed by atoms with Crippen LogP contribution in [0.1, 0.15) is 5.56 Å². The molecule has 2 N–H and O–H groups in total. The second-order valence-corrected chi connectivity index (χ2v) is 5.24. The molecule has 0 spiro atoms. The maximum atomic E-state index is 5.95. The third kappa shape index (κ3) is 2.83. The third-order valence-corrected chi connectivity index (χ3v) is 4.02. The largest absolute Gasteiger partial charge is 0.383 e. The first-order valence-corrected chi connectivity index (χ1v) is 6.35. The molecule has 2 rings (SSSR count). The molecule has 2 aromatic rings. The van der Waals surface area contributed by atoms with E-state index in [-0.39, 0.29) is 0 Å². The summed E-state index contributed by atoms with van der Waals surface area (Å²) in [5, 5.41) is 1.88.